The number of nitrogens with zero attached hydrogens (tertiary/aromatic N) is 1. The Morgan fingerprint density at radius 1 is 1.29 bits per heavy atom. The summed E-state index contributed by atoms with van der Waals surface area (Å²) in [6.45, 7) is 1.14. The highest BCUT2D eigenvalue weighted by molar-refractivity contribution is 5.31. The first-order valence-electron chi connectivity index (χ1n) is 4.62. The Hall–Kier alpha value is -1.40. The zero-order chi connectivity index (χ0) is 10.2. The first-order chi connectivity index (χ1) is 6.86. The maximum absolute atomic E-state index is 11.7. The molecule has 0 bridgehead atoms. The summed E-state index contributed by atoms with van der Waals surface area (Å²) in [5.41, 5.74) is 1.78. The van der Waals surface area contributed by atoms with Crippen LogP contribution in [0.5, 0.6) is 0 Å². The van der Waals surface area contributed by atoms with Gasteiger partial charge in [0.25, 0.3) is 0 Å². The van der Waals surface area contributed by atoms with E-state index in [1.165, 1.54) is 0 Å². The number of halogens is 1. The van der Waals surface area contributed by atoms with Gasteiger partial charge in [-0.1, -0.05) is 12.1 Å². The van der Waals surface area contributed by atoms with Crippen molar-refractivity contribution in [3.8, 4) is 6.07 Å². The van der Waals surface area contributed by atoms with Gasteiger partial charge in [0.05, 0.1) is 18.3 Å². The van der Waals surface area contributed by atoms with Crippen LogP contribution in [0.25, 0.3) is 0 Å². The van der Waals surface area contributed by atoms with Gasteiger partial charge in [0.2, 0.25) is 0 Å². The first kappa shape index (κ1) is 10.7. The van der Waals surface area contributed by atoms with Crippen molar-refractivity contribution >= 4 is 0 Å². The largest absolute Gasteiger partial charge is 0.313 e. The lowest BCUT2D eigenvalue weighted by atomic mass is 10.1. The van der Waals surface area contributed by atoms with Crippen molar-refractivity contribution in [3.63, 3.8) is 0 Å². The van der Waals surface area contributed by atoms with Gasteiger partial charge in [0.1, 0.15) is 0 Å². The predicted molar refractivity (Wildman–Crippen MR) is 53.5 cm³/mol. The summed E-state index contributed by atoms with van der Waals surface area (Å²) in [7, 11) is 0. The molecule has 0 unspecified atom stereocenters. The Morgan fingerprint density at radius 3 is 2.57 bits per heavy atom. The fraction of sp³-hybridized carbons (Fsp3) is 0.364. The monoisotopic (exact) mass is 192 g/mol. The van der Waals surface area contributed by atoms with E-state index in [-0.39, 0.29) is 6.67 Å². The Balaban J connectivity index is 2.33. The maximum Gasteiger partial charge on any atom is 0.0991 e. The van der Waals surface area contributed by atoms with Crippen LogP contribution in [0, 0.1) is 11.3 Å². The number of hydrogen-bond acceptors (Lipinski definition) is 2. The van der Waals surface area contributed by atoms with Gasteiger partial charge in [-0.2, -0.15) is 5.26 Å². The minimum Gasteiger partial charge on any atom is -0.313 e. The zero-order valence-electron chi connectivity index (χ0n) is 7.96. The Bertz CT molecular complexity index is 300. The molecule has 74 valence electrons. The molecular formula is C11H13FN2. The summed E-state index contributed by atoms with van der Waals surface area (Å²) in [6, 6.07) is 9.44. The molecule has 0 saturated carbocycles. The Morgan fingerprint density at radius 2 is 2.00 bits per heavy atom. The van der Waals surface area contributed by atoms with E-state index in [9.17, 15) is 4.39 Å². The molecule has 0 aliphatic carbocycles. The third-order valence-corrected chi connectivity index (χ3v) is 1.90. The third-order valence-electron chi connectivity index (χ3n) is 1.90. The van der Waals surface area contributed by atoms with E-state index in [4.69, 9.17) is 5.26 Å². The summed E-state index contributed by atoms with van der Waals surface area (Å²) in [6.07, 6.45) is 0.552. The van der Waals surface area contributed by atoms with Gasteiger partial charge < -0.3 is 5.32 Å². The Kier molecular flexibility index (Phi) is 4.66. The molecule has 0 heterocycles. The summed E-state index contributed by atoms with van der Waals surface area (Å²) in [5, 5.41) is 11.7. The van der Waals surface area contributed by atoms with Crippen LogP contribution in [0.3, 0.4) is 0 Å². The van der Waals surface area contributed by atoms with Gasteiger partial charge in [-0.25, -0.2) is 0 Å². The van der Waals surface area contributed by atoms with Crippen molar-refractivity contribution in [2.24, 2.45) is 0 Å². The quantitative estimate of drug-likeness (QED) is 0.724. The number of rotatable bonds is 5. The lowest BCUT2D eigenvalue weighted by Gasteiger charge is -2.02. The first-order valence-corrected chi connectivity index (χ1v) is 4.62. The second kappa shape index (κ2) is 6.11. The predicted octanol–water partition coefficient (Wildman–Crippen LogP) is 2.01. The van der Waals surface area contributed by atoms with E-state index in [1.807, 2.05) is 12.1 Å². The van der Waals surface area contributed by atoms with Gasteiger partial charge >= 0.3 is 0 Å². The average Bonchev–Trinajstić information content (AvgIpc) is 2.25. The van der Waals surface area contributed by atoms with Crippen LogP contribution in [0.4, 0.5) is 4.39 Å². The van der Waals surface area contributed by atoms with Gasteiger partial charge in [-0.05, 0) is 30.7 Å². The van der Waals surface area contributed by atoms with Gasteiger partial charge in [-0.3, -0.25) is 4.39 Å². The Labute approximate surface area is 83.4 Å². The minimum atomic E-state index is -0.277. The summed E-state index contributed by atoms with van der Waals surface area (Å²) in [5.74, 6) is 0. The van der Waals surface area contributed by atoms with E-state index in [1.54, 1.807) is 12.1 Å². The van der Waals surface area contributed by atoms with Crippen molar-refractivity contribution in [2.75, 3.05) is 13.2 Å². The van der Waals surface area contributed by atoms with Gasteiger partial charge in [-0.15, -0.1) is 0 Å². The molecule has 0 atom stereocenters. The smallest absolute Gasteiger partial charge is 0.0991 e. The lowest BCUT2D eigenvalue weighted by molar-refractivity contribution is 0.459. The lowest BCUT2D eigenvalue weighted by Crippen LogP contribution is -2.14. The molecule has 1 N–H and O–H groups in total. The van der Waals surface area contributed by atoms with Crippen molar-refractivity contribution in [1.29, 1.82) is 5.26 Å². The molecule has 14 heavy (non-hydrogen) atoms. The summed E-state index contributed by atoms with van der Waals surface area (Å²) in [4.78, 5) is 0. The number of nitrogens with one attached hydrogen (secondary N) is 1. The second-order valence-electron chi connectivity index (χ2n) is 3.03. The molecule has 0 amide bonds. The van der Waals surface area contributed by atoms with Crippen LogP contribution in [-0.2, 0) is 6.54 Å². The molecule has 0 saturated heterocycles. The highest BCUT2D eigenvalue weighted by Gasteiger charge is 1.93. The molecule has 0 aromatic heterocycles. The number of hydrogen-bond donors (Lipinski definition) is 1. The van der Waals surface area contributed by atoms with Crippen molar-refractivity contribution in [2.45, 2.75) is 13.0 Å². The SMILES string of the molecule is N#Cc1ccc(CNCCCF)cc1. The molecule has 0 aliphatic rings. The maximum atomic E-state index is 11.7. The van der Waals surface area contributed by atoms with Crippen molar-refractivity contribution in [3.05, 3.63) is 35.4 Å². The van der Waals surface area contributed by atoms with Gasteiger partial charge in [0, 0.05) is 6.54 Å². The van der Waals surface area contributed by atoms with Crippen molar-refractivity contribution < 1.29 is 4.39 Å². The third kappa shape index (κ3) is 3.55. The van der Waals surface area contributed by atoms with Crippen LogP contribution in [-0.4, -0.2) is 13.2 Å². The van der Waals surface area contributed by atoms with E-state index in [0.29, 0.717) is 18.5 Å². The highest BCUT2D eigenvalue weighted by Crippen LogP contribution is 2.02. The van der Waals surface area contributed by atoms with Crippen LogP contribution in [0.1, 0.15) is 17.5 Å². The van der Waals surface area contributed by atoms with E-state index in [0.717, 1.165) is 12.1 Å². The van der Waals surface area contributed by atoms with Crippen LogP contribution in [0.2, 0.25) is 0 Å². The molecule has 0 spiro atoms. The second-order valence-corrected chi connectivity index (χ2v) is 3.03. The van der Waals surface area contributed by atoms with Crippen molar-refractivity contribution in [1.82, 2.24) is 5.32 Å². The van der Waals surface area contributed by atoms with Gasteiger partial charge in [0.15, 0.2) is 0 Å². The standard InChI is InChI=1S/C11H13FN2/c12-6-1-7-14-9-11-4-2-10(8-13)3-5-11/h2-5,14H,1,6-7,9H2. The number of alkyl halides is 1. The average molecular weight is 192 g/mol. The molecule has 3 heteroatoms. The van der Waals surface area contributed by atoms with E-state index >= 15 is 0 Å². The molecule has 1 rings (SSSR count). The number of nitriles is 1. The normalized spacial score (nSPS) is 9.71. The fourth-order valence-corrected chi connectivity index (χ4v) is 1.12. The molecular weight excluding hydrogens is 179 g/mol. The molecule has 0 aliphatic heterocycles. The molecule has 0 fully saturated rings. The topological polar surface area (TPSA) is 35.8 Å². The molecule has 2 nitrogen and oxygen atoms in total. The van der Waals surface area contributed by atoms with Crippen LogP contribution < -0.4 is 5.32 Å². The van der Waals surface area contributed by atoms with Crippen LogP contribution in [0.15, 0.2) is 24.3 Å². The zero-order valence-corrected chi connectivity index (χ0v) is 7.96. The molecule has 1 aromatic carbocycles. The molecule has 0 radical (unpaired) electrons. The number of benzene rings is 1. The van der Waals surface area contributed by atoms with E-state index in [2.05, 4.69) is 11.4 Å². The fourth-order valence-electron chi connectivity index (χ4n) is 1.12. The highest BCUT2D eigenvalue weighted by atomic mass is 19.1. The molecule has 1 aromatic rings. The minimum absolute atomic E-state index is 0.277. The van der Waals surface area contributed by atoms with Crippen LogP contribution >= 0.6 is 0 Å². The van der Waals surface area contributed by atoms with E-state index < -0.39 is 0 Å². The summed E-state index contributed by atoms with van der Waals surface area (Å²) < 4.78 is 11.7. The summed E-state index contributed by atoms with van der Waals surface area (Å²) >= 11 is 0.